The van der Waals surface area contributed by atoms with E-state index in [1.54, 1.807) is 20.3 Å². The fourth-order valence-corrected chi connectivity index (χ4v) is 4.53. The minimum atomic E-state index is -0.118. The van der Waals surface area contributed by atoms with Gasteiger partial charge in [-0.3, -0.25) is 9.69 Å². The molecule has 0 atom stereocenters. The quantitative estimate of drug-likeness (QED) is 0.485. The number of hydrogen-bond acceptors (Lipinski definition) is 6. The lowest BCUT2D eigenvalue weighted by Crippen LogP contribution is -2.34. The Labute approximate surface area is 199 Å². The molecule has 0 aliphatic carbocycles. The number of methoxy groups -OCH3 is 2. The Kier molecular flexibility index (Phi) is 5.99. The first-order valence-electron chi connectivity index (χ1n) is 11.3. The highest BCUT2D eigenvalue weighted by atomic mass is 16.5. The molecule has 6 heteroatoms. The number of ketones is 1. The Morgan fingerprint density at radius 3 is 2.56 bits per heavy atom. The summed E-state index contributed by atoms with van der Waals surface area (Å²) in [6.07, 6.45) is 2.58. The van der Waals surface area contributed by atoms with Crippen molar-refractivity contribution in [3.8, 4) is 23.0 Å². The zero-order chi connectivity index (χ0) is 23.7. The van der Waals surface area contributed by atoms with Gasteiger partial charge in [0.1, 0.15) is 29.7 Å². The maximum atomic E-state index is 13.3. The molecule has 174 valence electrons. The Balaban J connectivity index is 1.41. The van der Waals surface area contributed by atoms with Crippen LogP contribution < -0.4 is 18.9 Å². The second kappa shape index (κ2) is 9.23. The molecule has 0 fully saturated rings. The lowest BCUT2D eigenvalue weighted by molar-refractivity contribution is 0.0947. The molecule has 0 unspecified atom stereocenters. The van der Waals surface area contributed by atoms with Crippen LogP contribution in [0.1, 0.15) is 32.6 Å². The summed E-state index contributed by atoms with van der Waals surface area (Å²) in [5.74, 6) is 3.12. The lowest BCUT2D eigenvalue weighted by Gasteiger charge is -2.30. The first kappa shape index (κ1) is 22.0. The Morgan fingerprint density at radius 1 is 1.03 bits per heavy atom. The molecule has 0 aromatic heterocycles. The molecule has 0 radical (unpaired) electrons. The smallest absolute Gasteiger partial charge is 0.232 e. The van der Waals surface area contributed by atoms with Gasteiger partial charge in [0, 0.05) is 18.7 Å². The van der Waals surface area contributed by atoms with E-state index in [1.165, 1.54) is 0 Å². The van der Waals surface area contributed by atoms with Gasteiger partial charge in [0.25, 0.3) is 0 Å². The van der Waals surface area contributed by atoms with E-state index in [-0.39, 0.29) is 5.78 Å². The highest BCUT2D eigenvalue weighted by Crippen LogP contribution is 2.44. The lowest BCUT2D eigenvalue weighted by atomic mass is 9.98. The topological polar surface area (TPSA) is 57.2 Å². The standard InChI is InChI=1S/C28H27NO5/c1-18-14-24-21(16-29(17-33-24)13-12-19-8-4-6-10-22(19)31-2)28-26(18)27(30)25(34-28)15-20-9-5-7-11-23(20)32-3/h4-11,14-15H,12-13,16-17H2,1-3H3/b25-15-. The molecule has 2 heterocycles. The van der Waals surface area contributed by atoms with Gasteiger partial charge < -0.3 is 18.9 Å². The fraction of sp³-hybridized carbons (Fsp3) is 0.250. The van der Waals surface area contributed by atoms with Gasteiger partial charge >= 0.3 is 0 Å². The molecule has 3 aromatic carbocycles. The monoisotopic (exact) mass is 457 g/mol. The molecule has 5 rings (SSSR count). The number of carbonyl (C=O) groups excluding carboxylic acids is 1. The number of aryl methyl sites for hydroxylation is 1. The number of allylic oxidation sites excluding steroid dienone is 1. The van der Waals surface area contributed by atoms with Crippen LogP contribution in [-0.4, -0.2) is 38.2 Å². The van der Waals surface area contributed by atoms with Crippen molar-refractivity contribution in [2.45, 2.75) is 19.9 Å². The molecule has 0 bridgehead atoms. The maximum Gasteiger partial charge on any atom is 0.232 e. The minimum Gasteiger partial charge on any atom is -0.496 e. The molecule has 2 aliphatic heterocycles. The van der Waals surface area contributed by atoms with Crippen LogP contribution in [0, 0.1) is 6.92 Å². The first-order chi connectivity index (χ1) is 16.6. The predicted octanol–water partition coefficient (Wildman–Crippen LogP) is 5.02. The van der Waals surface area contributed by atoms with Gasteiger partial charge in [-0.1, -0.05) is 36.4 Å². The molecular weight excluding hydrogens is 430 g/mol. The van der Waals surface area contributed by atoms with E-state index < -0.39 is 0 Å². The molecule has 6 nitrogen and oxygen atoms in total. The van der Waals surface area contributed by atoms with Crippen LogP contribution in [0.2, 0.25) is 0 Å². The SMILES string of the molecule is COc1ccccc1/C=C1\Oc2c3c(cc(C)c2C1=O)OCN(CCc1ccccc1OC)C3. The Morgan fingerprint density at radius 2 is 1.76 bits per heavy atom. The maximum absolute atomic E-state index is 13.3. The summed E-state index contributed by atoms with van der Waals surface area (Å²) in [6.45, 7) is 3.84. The van der Waals surface area contributed by atoms with Crippen LogP contribution in [0.4, 0.5) is 0 Å². The summed E-state index contributed by atoms with van der Waals surface area (Å²) in [6, 6.07) is 17.5. The Bertz CT molecular complexity index is 1280. The van der Waals surface area contributed by atoms with Gasteiger partial charge in [0.05, 0.1) is 25.3 Å². The molecule has 0 amide bonds. The zero-order valence-corrected chi connectivity index (χ0v) is 19.6. The van der Waals surface area contributed by atoms with E-state index in [2.05, 4.69) is 11.0 Å². The van der Waals surface area contributed by atoms with Gasteiger partial charge in [-0.2, -0.15) is 0 Å². The third-order valence-electron chi connectivity index (χ3n) is 6.30. The number of para-hydroxylation sites is 2. The van der Waals surface area contributed by atoms with Crippen molar-refractivity contribution < 1.29 is 23.7 Å². The first-order valence-corrected chi connectivity index (χ1v) is 11.3. The summed E-state index contributed by atoms with van der Waals surface area (Å²) in [5, 5.41) is 0. The second-order valence-electron chi connectivity index (χ2n) is 8.44. The molecular formula is C28H27NO5. The van der Waals surface area contributed by atoms with Crippen molar-refractivity contribution in [1.29, 1.82) is 0 Å². The molecule has 3 aromatic rings. The van der Waals surface area contributed by atoms with Gasteiger partial charge in [-0.15, -0.1) is 0 Å². The van der Waals surface area contributed by atoms with E-state index in [4.69, 9.17) is 18.9 Å². The molecule has 0 spiro atoms. The van der Waals surface area contributed by atoms with Crippen molar-refractivity contribution in [3.05, 3.63) is 88.2 Å². The Hall–Kier alpha value is -3.77. The summed E-state index contributed by atoms with van der Waals surface area (Å²) in [5.41, 5.74) is 4.31. The van der Waals surface area contributed by atoms with E-state index in [1.807, 2.05) is 55.5 Å². The van der Waals surface area contributed by atoms with Crippen molar-refractivity contribution in [3.63, 3.8) is 0 Å². The van der Waals surface area contributed by atoms with Gasteiger partial charge in [0.2, 0.25) is 5.78 Å². The number of nitrogens with zero attached hydrogens (tertiary/aromatic N) is 1. The van der Waals surface area contributed by atoms with Crippen molar-refractivity contribution in [2.75, 3.05) is 27.5 Å². The normalized spacial score (nSPS) is 16.0. The summed E-state index contributed by atoms with van der Waals surface area (Å²) < 4.78 is 23.2. The summed E-state index contributed by atoms with van der Waals surface area (Å²) in [7, 11) is 3.30. The van der Waals surface area contributed by atoms with Crippen molar-refractivity contribution in [1.82, 2.24) is 4.90 Å². The summed E-state index contributed by atoms with van der Waals surface area (Å²) in [4.78, 5) is 15.5. The molecule has 0 saturated carbocycles. The number of benzene rings is 3. The van der Waals surface area contributed by atoms with Crippen LogP contribution in [0.5, 0.6) is 23.0 Å². The number of ether oxygens (including phenoxy) is 4. The van der Waals surface area contributed by atoms with Crippen LogP contribution in [0.15, 0.2) is 60.4 Å². The molecule has 2 aliphatic rings. The van der Waals surface area contributed by atoms with Crippen molar-refractivity contribution >= 4 is 11.9 Å². The molecule has 0 N–H and O–H groups in total. The van der Waals surface area contributed by atoms with E-state index in [0.717, 1.165) is 46.7 Å². The zero-order valence-electron chi connectivity index (χ0n) is 19.6. The van der Waals surface area contributed by atoms with Gasteiger partial charge in [-0.25, -0.2) is 0 Å². The second-order valence-corrected chi connectivity index (χ2v) is 8.44. The number of hydrogen-bond donors (Lipinski definition) is 0. The number of fused-ring (bicyclic) bond motifs is 3. The largest absolute Gasteiger partial charge is 0.496 e. The van der Waals surface area contributed by atoms with Crippen LogP contribution in [0.25, 0.3) is 6.08 Å². The molecule has 34 heavy (non-hydrogen) atoms. The van der Waals surface area contributed by atoms with Gasteiger partial charge in [0.15, 0.2) is 5.76 Å². The van der Waals surface area contributed by atoms with E-state index in [9.17, 15) is 4.79 Å². The third kappa shape index (κ3) is 4.01. The number of carbonyl (C=O) groups is 1. The summed E-state index contributed by atoms with van der Waals surface area (Å²) >= 11 is 0. The van der Waals surface area contributed by atoms with Crippen molar-refractivity contribution in [2.24, 2.45) is 0 Å². The van der Waals surface area contributed by atoms with Crippen LogP contribution in [-0.2, 0) is 13.0 Å². The number of Topliss-reactive ketones (excluding diaryl/α,β-unsaturated/α-hetero) is 1. The third-order valence-corrected chi connectivity index (χ3v) is 6.30. The van der Waals surface area contributed by atoms with E-state index in [0.29, 0.717) is 36.1 Å². The van der Waals surface area contributed by atoms with E-state index >= 15 is 0 Å². The highest BCUT2D eigenvalue weighted by molar-refractivity contribution is 6.16. The average Bonchev–Trinajstić information content (AvgIpc) is 3.20. The predicted molar refractivity (Wildman–Crippen MR) is 130 cm³/mol. The van der Waals surface area contributed by atoms with Gasteiger partial charge in [-0.05, 0) is 48.7 Å². The average molecular weight is 458 g/mol. The minimum absolute atomic E-state index is 0.118. The number of rotatable bonds is 6. The molecule has 0 saturated heterocycles. The fourth-order valence-electron chi connectivity index (χ4n) is 4.53. The van der Waals surface area contributed by atoms with Crippen LogP contribution in [0.3, 0.4) is 0 Å². The van der Waals surface area contributed by atoms with Crippen LogP contribution >= 0.6 is 0 Å². The highest BCUT2D eigenvalue weighted by Gasteiger charge is 2.35.